The Morgan fingerprint density at radius 3 is 2.58 bits per heavy atom. The molecule has 0 aliphatic rings. The largest absolute Gasteiger partial charge is 0.433 e. The Hall–Kier alpha value is -2.90. The molecule has 0 fully saturated rings. The zero-order valence-corrected chi connectivity index (χ0v) is 14.3. The number of hydrogen-bond donors (Lipinski definition) is 2. The average Bonchev–Trinajstić information content (AvgIpc) is 2.58. The number of benzene rings is 1. The van der Waals surface area contributed by atoms with Crippen molar-refractivity contribution in [3.63, 3.8) is 0 Å². The van der Waals surface area contributed by atoms with E-state index >= 15 is 0 Å². The van der Waals surface area contributed by atoms with Gasteiger partial charge in [0.15, 0.2) is 0 Å². The van der Waals surface area contributed by atoms with Crippen molar-refractivity contribution in [2.75, 3.05) is 11.1 Å². The van der Waals surface area contributed by atoms with Crippen molar-refractivity contribution in [1.82, 2.24) is 15.0 Å². The molecule has 3 rings (SSSR count). The predicted octanol–water partition coefficient (Wildman–Crippen LogP) is 4.36. The van der Waals surface area contributed by atoms with E-state index < -0.39 is 11.9 Å². The lowest BCUT2D eigenvalue weighted by atomic mass is 9.98. The van der Waals surface area contributed by atoms with Crippen LogP contribution < -0.4 is 11.1 Å². The van der Waals surface area contributed by atoms with Crippen molar-refractivity contribution in [3.05, 3.63) is 53.3 Å². The summed E-state index contributed by atoms with van der Waals surface area (Å²) in [4.78, 5) is 11.9. The molecule has 2 heterocycles. The van der Waals surface area contributed by atoms with Gasteiger partial charge in [0.05, 0.1) is 5.52 Å². The van der Waals surface area contributed by atoms with Crippen molar-refractivity contribution in [2.24, 2.45) is 0 Å². The van der Waals surface area contributed by atoms with Crippen molar-refractivity contribution in [3.8, 4) is 0 Å². The van der Waals surface area contributed by atoms with E-state index in [0.29, 0.717) is 11.3 Å². The molecule has 8 heteroatoms. The van der Waals surface area contributed by atoms with Gasteiger partial charge in [-0.3, -0.25) is 4.98 Å². The first-order valence-corrected chi connectivity index (χ1v) is 8.08. The molecule has 136 valence electrons. The SMILES string of the molecule is CC(C)c1cccc2nc(N)nc(NCc3cccnc3C(F)(F)F)c12. The molecule has 3 N–H and O–H groups in total. The van der Waals surface area contributed by atoms with Gasteiger partial charge in [0.25, 0.3) is 0 Å². The highest BCUT2D eigenvalue weighted by molar-refractivity contribution is 5.93. The van der Waals surface area contributed by atoms with Crippen LogP contribution in [0.1, 0.15) is 36.6 Å². The van der Waals surface area contributed by atoms with E-state index in [9.17, 15) is 13.2 Å². The normalized spacial score (nSPS) is 11.9. The Bertz CT molecular complexity index is 938. The van der Waals surface area contributed by atoms with Gasteiger partial charge in [0.2, 0.25) is 5.95 Å². The lowest BCUT2D eigenvalue weighted by molar-refractivity contribution is -0.141. The van der Waals surface area contributed by atoms with E-state index in [1.807, 2.05) is 26.0 Å². The molecule has 5 nitrogen and oxygen atoms in total. The molecule has 0 aliphatic heterocycles. The molecule has 0 aliphatic carbocycles. The summed E-state index contributed by atoms with van der Waals surface area (Å²) in [6.07, 6.45) is -3.39. The van der Waals surface area contributed by atoms with Crippen molar-refractivity contribution in [2.45, 2.75) is 32.5 Å². The zero-order chi connectivity index (χ0) is 18.9. The zero-order valence-electron chi connectivity index (χ0n) is 14.3. The first kappa shape index (κ1) is 17.9. The molecule has 1 aromatic carbocycles. The molecule has 3 aromatic rings. The summed E-state index contributed by atoms with van der Waals surface area (Å²) in [5.41, 5.74) is 6.52. The minimum Gasteiger partial charge on any atom is -0.368 e. The van der Waals surface area contributed by atoms with Gasteiger partial charge in [-0.25, -0.2) is 4.98 Å². The summed E-state index contributed by atoms with van der Waals surface area (Å²) in [5, 5.41) is 3.74. The number of pyridine rings is 1. The second kappa shape index (κ2) is 6.78. The molecule has 26 heavy (non-hydrogen) atoms. The van der Waals surface area contributed by atoms with E-state index in [-0.39, 0.29) is 24.0 Å². The number of nitrogens with one attached hydrogen (secondary N) is 1. The maximum atomic E-state index is 13.1. The summed E-state index contributed by atoms with van der Waals surface area (Å²) in [5.74, 6) is 0.660. The highest BCUT2D eigenvalue weighted by Crippen LogP contribution is 2.32. The third kappa shape index (κ3) is 3.54. The third-order valence-electron chi connectivity index (χ3n) is 4.00. The molecular weight excluding hydrogens is 343 g/mol. The molecule has 2 aromatic heterocycles. The monoisotopic (exact) mass is 361 g/mol. The minimum absolute atomic E-state index is 0.0346. The third-order valence-corrected chi connectivity index (χ3v) is 4.00. The van der Waals surface area contributed by atoms with E-state index in [4.69, 9.17) is 5.73 Å². The quantitative estimate of drug-likeness (QED) is 0.722. The van der Waals surface area contributed by atoms with Gasteiger partial charge in [0, 0.05) is 23.7 Å². The van der Waals surface area contributed by atoms with Crippen LogP contribution in [0.4, 0.5) is 24.9 Å². The smallest absolute Gasteiger partial charge is 0.368 e. The van der Waals surface area contributed by atoms with Crippen LogP contribution in [0.15, 0.2) is 36.5 Å². The van der Waals surface area contributed by atoms with Crippen LogP contribution in [0.2, 0.25) is 0 Å². The number of hydrogen-bond acceptors (Lipinski definition) is 5. The van der Waals surface area contributed by atoms with E-state index in [1.165, 1.54) is 12.1 Å². The topological polar surface area (TPSA) is 76.7 Å². The fourth-order valence-corrected chi connectivity index (χ4v) is 2.85. The Balaban J connectivity index is 2.03. The van der Waals surface area contributed by atoms with Crippen LogP contribution >= 0.6 is 0 Å². The number of halogens is 3. The van der Waals surface area contributed by atoms with Crippen LogP contribution in [-0.2, 0) is 12.7 Å². The van der Waals surface area contributed by atoms with Gasteiger partial charge >= 0.3 is 6.18 Å². The van der Waals surface area contributed by atoms with Crippen LogP contribution in [0.25, 0.3) is 10.9 Å². The number of fused-ring (bicyclic) bond motifs is 1. The Labute approximate surface area is 148 Å². The summed E-state index contributed by atoms with van der Waals surface area (Å²) in [6.45, 7) is 3.97. The second-order valence-electron chi connectivity index (χ2n) is 6.19. The van der Waals surface area contributed by atoms with Crippen LogP contribution in [0.3, 0.4) is 0 Å². The molecular formula is C18H18F3N5. The highest BCUT2D eigenvalue weighted by Gasteiger charge is 2.34. The fraction of sp³-hybridized carbons (Fsp3) is 0.278. The Kier molecular flexibility index (Phi) is 4.67. The van der Waals surface area contributed by atoms with Gasteiger partial charge in [-0.2, -0.15) is 18.2 Å². The minimum atomic E-state index is -4.52. The predicted molar refractivity (Wildman–Crippen MR) is 94.6 cm³/mol. The van der Waals surface area contributed by atoms with E-state index in [0.717, 1.165) is 17.1 Å². The standard InChI is InChI=1S/C18H18F3N5/c1-10(2)12-6-3-7-13-14(12)16(26-17(22)25-13)24-9-11-5-4-8-23-15(11)18(19,20)21/h3-8,10H,9H2,1-2H3,(H3,22,24,25,26). The van der Waals surface area contributed by atoms with Gasteiger partial charge in [0.1, 0.15) is 11.5 Å². The van der Waals surface area contributed by atoms with Gasteiger partial charge in [-0.15, -0.1) is 0 Å². The summed E-state index contributed by atoms with van der Waals surface area (Å²) in [6, 6.07) is 8.48. The molecule has 0 bridgehead atoms. The second-order valence-corrected chi connectivity index (χ2v) is 6.19. The van der Waals surface area contributed by atoms with Gasteiger partial charge < -0.3 is 11.1 Å². The summed E-state index contributed by atoms with van der Waals surface area (Å²) in [7, 11) is 0. The molecule has 0 saturated heterocycles. The molecule has 0 atom stereocenters. The van der Waals surface area contributed by atoms with Crippen molar-refractivity contribution in [1.29, 1.82) is 0 Å². The number of nitrogen functional groups attached to an aromatic ring is 1. The number of alkyl halides is 3. The lowest BCUT2D eigenvalue weighted by Crippen LogP contribution is -2.15. The first-order valence-electron chi connectivity index (χ1n) is 8.08. The van der Waals surface area contributed by atoms with E-state index in [2.05, 4.69) is 20.3 Å². The Morgan fingerprint density at radius 2 is 1.88 bits per heavy atom. The lowest BCUT2D eigenvalue weighted by Gasteiger charge is -2.16. The summed E-state index contributed by atoms with van der Waals surface area (Å²) >= 11 is 0. The van der Waals surface area contributed by atoms with Crippen LogP contribution in [-0.4, -0.2) is 15.0 Å². The number of nitrogens with two attached hydrogens (primary N) is 1. The van der Waals surface area contributed by atoms with E-state index in [1.54, 1.807) is 6.07 Å². The molecule has 0 unspecified atom stereocenters. The Morgan fingerprint density at radius 1 is 1.12 bits per heavy atom. The van der Waals surface area contributed by atoms with Crippen LogP contribution in [0.5, 0.6) is 0 Å². The number of anilines is 2. The molecule has 0 amide bonds. The number of aromatic nitrogens is 3. The highest BCUT2D eigenvalue weighted by atomic mass is 19.4. The number of nitrogens with zero attached hydrogens (tertiary/aromatic N) is 3. The molecule has 0 radical (unpaired) electrons. The maximum absolute atomic E-state index is 13.1. The molecule has 0 spiro atoms. The van der Waals surface area contributed by atoms with Crippen molar-refractivity contribution >= 4 is 22.7 Å². The summed E-state index contributed by atoms with van der Waals surface area (Å²) < 4.78 is 39.4. The van der Waals surface area contributed by atoms with Gasteiger partial charge in [-0.05, 0) is 23.6 Å². The number of rotatable bonds is 4. The first-order chi connectivity index (χ1) is 12.3. The van der Waals surface area contributed by atoms with Crippen LogP contribution in [0, 0.1) is 0 Å². The van der Waals surface area contributed by atoms with Gasteiger partial charge in [-0.1, -0.05) is 32.0 Å². The fourth-order valence-electron chi connectivity index (χ4n) is 2.85. The van der Waals surface area contributed by atoms with Crippen molar-refractivity contribution < 1.29 is 13.2 Å². The average molecular weight is 361 g/mol. The molecule has 0 saturated carbocycles. The maximum Gasteiger partial charge on any atom is 0.433 e.